The molecule has 1 aromatic rings. The molecule has 0 radical (unpaired) electrons. The van der Waals surface area contributed by atoms with E-state index in [4.69, 9.17) is 9.47 Å². The fourth-order valence-electron chi connectivity index (χ4n) is 6.02. The number of hydrogen-bond acceptors (Lipinski definition) is 6. The molecule has 220 valence electrons. The van der Waals surface area contributed by atoms with Gasteiger partial charge in [0.05, 0.1) is 12.5 Å². The fourth-order valence-corrected chi connectivity index (χ4v) is 6.02. The highest BCUT2D eigenvalue weighted by atomic mass is 16.6. The standard InChI is InChI=1S/C29H45N3O4.C3H8/c1-6-35-26(33)23-9-14-31(15-10-23)25-19-22(2)7-8-24(25)20-30-16-11-29(21-30)12-17-32(18-13-29)27(34)36-28(3,4)5;1-3-2/h7-8,19,23H,6,9-18,20-21H2,1-5H3;3H2,1-2H3. The van der Waals surface area contributed by atoms with Gasteiger partial charge in [-0.2, -0.15) is 0 Å². The highest BCUT2D eigenvalue weighted by Gasteiger charge is 2.42. The molecule has 0 aliphatic carbocycles. The Balaban J connectivity index is 0.00000134. The van der Waals surface area contributed by atoms with Gasteiger partial charge < -0.3 is 19.3 Å². The monoisotopic (exact) mass is 543 g/mol. The minimum Gasteiger partial charge on any atom is -0.466 e. The van der Waals surface area contributed by atoms with E-state index in [1.54, 1.807) is 0 Å². The lowest BCUT2D eigenvalue weighted by Gasteiger charge is -2.39. The number of hydrogen-bond donors (Lipinski definition) is 0. The van der Waals surface area contributed by atoms with Gasteiger partial charge in [0.1, 0.15) is 5.60 Å². The van der Waals surface area contributed by atoms with Crippen LogP contribution < -0.4 is 4.90 Å². The first kappa shape index (κ1) is 31.3. The van der Waals surface area contributed by atoms with Gasteiger partial charge in [-0.1, -0.05) is 32.4 Å². The van der Waals surface area contributed by atoms with Crippen LogP contribution in [-0.2, 0) is 20.8 Å². The van der Waals surface area contributed by atoms with Crippen molar-refractivity contribution in [2.45, 2.75) is 99.1 Å². The number of rotatable bonds is 5. The summed E-state index contributed by atoms with van der Waals surface area (Å²) in [6.07, 6.45) is 6.07. The summed E-state index contributed by atoms with van der Waals surface area (Å²) in [6, 6.07) is 6.82. The SMILES string of the molecule is CCC.CCOC(=O)C1CCN(c2cc(C)ccc2CN2CCC3(CCN(C(=O)OC(C)(C)C)CC3)C2)CC1. The molecule has 0 bridgehead atoms. The van der Waals surface area contributed by atoms with Crippen molar-refractivity contribution in [3.8, 4) is 0 Å². The zero-order chi connectivity index (χ0) is 28.6. The molecule has 0 saturated carbocycles. The lowest BCUT2D eigenvalue weighted by atomic mass is 9.78. The molecule has 3 aliphatic rings. The number of esters is 1. The van der Waals surface area contributed by atoms with Gasteiger partial charge in [-0.05, 0) is 95.9 Å². The number of benzene rings is 1. The van der Waals surface area contributed by atoms with Gasteiger partial charge in [-0.15, -0.1) is 0 Å². The van der Waals surface area contributed by atoms with Crippen LogP contribution in [0.1, 0.15) is 91.2 Å². The summed E-state index contributed by atoms with van der Waals surface area (Å²) < 4.78 is 10.8. The summed E-state index contributed by atoms with van der Waals surface area (Å²) in [5, 5.41) is 0. The van der Waals surface area contributed by atoms with Crippen molar-refractivity contribution in [2.24, 2.45) is 11.3 Å². The van der Waals surface area contributed by atoms with Crippen LogP contribution in [0.25, 0.3) is 0 Å². The van der Waals surface area contributed by atoms with Gasteiger partial charge >= 0.3 is 12.1 Å². The molecule has 0 aromatic heterocycles. The number of carbonyl (C=O) groups excluding carboxylic acids is 2. The maximum atomic E-state index is 12.5. The van der Waals surface area contributed by atoms with E-state index < -0.39 is 5.60 Å². The Morgan fingerprint density at radius 1 is 0.974 bits per heavy atom. The summed E-state index contributed by atoms with van der Waals surface area (Å²) in [7, 11) is 0. The van der Waals surface area contributed by atoms with Gasteiger partial charge in [0.15, 0.2) is 0 Å². The van der Waals surface area contributed by atoms with Crippen LogP contribution in [-0.4, -0.2) is 73.3 Å². The van der Waals surface area contributed by atoms with Crippen LogP contribution in [0.5, 0.6) is 0 Å². The normalized spacial score (nSPS) is 20.0. The molecule has 3 saturated heterocycles. The van der Waals surface area contributed by atoms with Crippen molar-refractivity contribution in [3.63, 3.8) is 0 Å². The van der Waals surface area contributed by atoms with E-state index in [0.717, 1.165) is 71.5 Å². The molecule has 3 heterocycles. The first-order valence-corrected chi connectivity index (χ1v) is 15.2. The molecule has 7 heteroatoms. The van der Waals surface area contributed by atoms with Crippen molar-refractivity contribution >= 4 is 17.7 Å². The van der Waals surface area contributed by atoms with Crippen LogP contribution in [0, 0.1) is 18.3 Å². The molecule has 1 amide bonds. The Hall–Kier alpha value is -2.28. The number of anilines is 1. The van der Waals surface area contributed by atoms with Crippen LogP contribution >= 0.6 is 0 Å². The summed E-state index contributed by atoms with van der Waals surface area (Å²) in [4.78, 5) is 31.6. The van der Waals surface area contributed by atoms with Crippen LogP contribution in [0.15, 0.2) is 18.2 Å². The minimum absolute atomic E-state index is 0.0273. The maximum Gasteiger partial charge on any atom is 0.410 e. The zero-order valence-corrected chi connectivity index (χ0v) is 25.7. The highest BCUT2D eigenvalue weighted by Crippen LogP contribution is 2.41. The lowest BCUT2D eigenvalue weighted by Crippen LogP contribution is -2.46. The van der Waals surface area contributed by atoms with Gasteiger partial charge in [-0.25, -0.2) is 4.79 Å². The van der Waals surface area contributed by atoms with E-state index in [-0.39, 0.29) is 18.0 Å². The third-order valence-electron chi connectivity index (χ3n) is 8.08. The van der Waals surface area contributed by atoms with Crippen molar-refractivity contribution in [2.75, 3.05) is 50.8 Å². The fraction of sp³-hybridized carbons (Fsp3) is 0.750. The molecule has 7 nitrogen and oxygen atoms in total. The van der Waals surface area contributed by atoms with Crippen molar-refractivity contribution < 1.29 is 19.1 Å². The van der Waals surface area contributed by atoms with Crippen LogP contribution in [0.2, 0.25) is 0 Å². The number of nitrogens with zero attached hydrogens (tertiary/aromatic N) is 3. The molecule has 4 rings (SSSR count). The van der Waals surface area contributed by atoms with Crippen molar-refractivity contribution in [1.82, 2.24) is 9.80 Å². The smallest absolute Gasteiger partial charge is 0.410 e. The third-order valence-corrected chi connectivity index (χ3v) is 8.08. The van der Waals surface area contributed by atoms with E-state index in [1.807, 2.05) is 32.6 Å². The number of carbonyl (C=O) groups is 2. The molecule has 1 aromatic carbocycles. The second kappa shape index (κ2) is 13.9. The van der Waals surface area contributed by atoms with Gasteiger partial charge in [0, 0.05) is 45.0 Å². The Kier molecular flexibility index (Phi) is 11.1. The predicted molar refractivity (Wildman–Crippen MR) is 158 cm³/mol. The van der Waals surface area contributed by atoms with Crippen LogP contribution in [0.4, 0.5) is 10.5 Å². The minimum atomic E-state index is -0.448. The largest absolute Gasteiger partial charge is 0.466 e. The van der Waals surface area contributed by atoms with E-state index >= 15 is 0 Å². The first-order valence-electron chi connectivity index (χ1n) is 15.2. The average molecular weight is 544 g/mol. The number of aryl methyl sites for hydroxylation is 1. The van der Waals surface area contributed by atoms with E-state index in [2.05, 4.69) is 48.8 Å². The summed E-state index contributed by atoms with van der Waals surface area (Å²) in [5.41, 5.74) is 3.82. The molecule has 39 heavy (non-hydrogen) atoms. The van der Waals surface area contributed by atoms with Crippen LogP contribution in [0.3, 0.4) is 0 Å². The maximum absolute atomic E-state index is 12.5. The van der Waals surface area contributed by atoms with E-state index in [0.29, 0.717) is 12.0 Å². The van der Waals surface area contributed by atoms with E-state index in [9.17, 15) is 9.59 Å². The number of amides is 1. The topological polar surface area (TPSA) is 62.3 Å². The average Bonchev–Trinajstić information content (AvgIpc) is 3.27. The second-order valence-corrected chi connectivity index (χ2v) is 12.8. The quantitative estimate of drug-likeness (QED) is 0.400. The zero-order valence-electron chi connectivity index (χ0n) is 25.7. The predicted octanol–water partition coefficient (Wildman–Crippen LogP) is 6.41. The van der Waals surface area contributed by atoms with Gasteiger partial charge in [-0.3, -0.25) is 9.69 Å². The Bertz CT molecular complexity index is 941. The van der Waals surface area contributed by atoms with E-state index in [1.165, 1.54) is 29.7 Å². The molecule has 0 N–H and O–H groups in total. The van der Waals surface area contributed by atoms with Gasteiger partial charge in [0.25, 0.3) is 0 Å². The number of piperidine rings is 2. The Morgan fingerprint density at radius 3 is 2.18 bits per heavy atom. The Morgan fingerprint density at radius 2 is 1.59 bits per heavy atom. The molecule has 3 fully saturated rings. The molecule has 3 aliphatic heterocycles. The Labute approximate surface area is 237 Å². The summed E-state index contributed by atoms with van der Waals surface area (Å²) >= 11 is 0. The molecule has 0 unspecified atom stereocenters. The molecule has 0 atom stereocenters. The molecule has 1 spiro atoms. The van der Waals surface area contributed by atoms with Crippen molar-refractivity contribution in [3.05, 3.63) is 29.3 Å². The molecular weight excluding hydrogens is 490 g/mol. The molecular formula is C32H53N3O4. The number of likely N-dealkylation sites (tertiary alicyclic amines) is 2. The highest BCUT2D eigenvalue weighted by molar-refractivity contribution is 5.73. The second-order valence-electron chi connectivity index (χ2n) is 12.8. The first-order chi connectivity index (χ1) is 18.5. The summed E-state index contributed by atoms with van der Waals surface area (Å²) in [5.74, 6) is -0.0128. The number of ether oxygens (including phenoxy) is 2. The van der Waals surface area contributed by atoms with Gasteiger partial charge in [0.2, 0.25) is 0 Å². The summed E-state index contributed by atoms with van der Waals surface area (Å²) in [6.45, 7) is 21.0. The third kappa shape index (κ3) is 8.86. The lowest BCUT2D eigenvalue weighted by molar-refractivity contribution is -0.148. The van der Waals surface area contributed by atoms with Crippen molar-refractivity contribution in [1.29, 1.82) is 0 Å².